The number of nitrogens with one attached hydrogen (secondary N) is 1. The van der Waals surface area contributed by atoms with Crippen LogP contribution < -0.4 is 5.32 Å². The van der Waals surface area contributed by atoms with E-state index in [1.54, 1.807) is 5.38 Å². The maximum absolute atomic E-state index is 12.9. The highest BCUT2D eigenvalue weighted by molar-refractivity contribution is 7.13. The summed E-state index contributed by atoms with van der Waals surface area (Å²) in [5.41, 5.74) is -0.136. The van der Waals surface area contributed by atoms with E-state index in [1.165, 1.54) is 36.9 Å². The Hall–Kier alpha value is -3.01. The summed E-state index contributed by atoms with van der Waals surface area (Å²) in [5.74, 6) is -1.72. The van der Waals surface area contributed by atoms with Crippen LogP contribution in [0.4, 0.5) is 18.3 Å². The maximum atomic E-state index is 12.9. The van der Waals surface area contributed by atoms with E-state index in [0.29, 0.717) is 0 Å². The van der Waals surface area contributed by atoms with Crippen LogP contribution in [0.5, 0.6) is 0 Å². The summed E-state index contributed by atoms with van der Waals surface area (Å²) in [7, 11) is 0. The van der Waals surface area contributed by atoms with Crippen LogP contribution in [0.15, 0.2) is 35.8 Å². The molecule has 0 saturated heterocycles. The lowest BCUT2D eigenvalue weighted by molar-refractivity contribution is -0.137. The van der Waals surface area contributed by atoms with Gasteiger partial charge in [-0.2, -0.15) is 18.3 Å². The number of carbonyl (C=O) groups excluding carboxylic acids is 2. The fraction of sp³-hybridized carbons (Fsp3) is 0.176. The summed E-state index contributed by atoms with van der Waals surface area (Å²) < 4.78 is 40.0. The Bertz CT molecular complexity index is 1010. The summed E-state index contributed by atoms with van der Waals surface area (Å²) in [6, 6.07) is 4.58. The van der Waals surface area contributed by atoms with Gasteiger partial charge < -0.3 is 0 Å². The third-order valence-corrected chi connectivity index (χ3v) is 4.48. The van der Waals surface area contributed by atoms with Gasteiger partial charge in [-0.3, -0.25) is 14.9 Å². The average molecular weight is 394 g/mol. The van der Waals surface area contributed by atoms with Crippen molar-refractivity contribution in [1.82, 2.24) is 14.8 Å². The first kappa shape index (κ1) is 18.8. The van der Waals surface area contributed by atoms with Crippen molar-refractivity contribution in [3.05, 3.63) is 58.4 Å². The molecule has 0 fully saturated rings. The number of hydrogen-bond donors (Lipinski definition) is 1. The molecule has 2 aromatic heterocycles. The molecular weight excluding hydrogens is 381 g/mol. The van der Waals surface area contributed by atoms with Crippen molar-refractivity contribution in [2.24, 2.45) is 0 Å². The molecule has 0 spiro atoms. The minimum Gasteiger partial charge on any atom is -0.295 e. The Labute approximate surface area is 155 Å². The standard InChI is InChI=1S/C17H13F3N4O2S/c1-9-13(14(25)15(26)22-16-21-6-7-27-16)10(2)24(23-9)12-5-3-4-11(8-12)17(18,19)20/h3-8H,1-2H3,(H,21,22,26). The molecule has 0 radical (unpaired) electrons. The summed E-state index contributed by atoms with van der Waals surface area (Å²) in [5, 5.41) is 8.44. The lowest BCUT2D eigenvalue weighted by atomic mass is 10.1. The topological polar surface area (TPSA) is 76.9 Å². The first-order valence-electron chi connectivity index (χ1n) is 7.67. The highest BCUT2D eigenvalue weighted by Crippen LogP contribution is 2.31. The first-order chi connectivity index (χ1) is 12.7. The number of halogens is 3. The average Bonchev–Trinajstić information content (AvgIpc) is 3.21. The lowest BCUT2D eigenvalue weighted by Gasteiger charge is -2.10. The van der Waals surface area contributed by atoms with E-state index in [-0.39, 0.29) is 27.8 Å². The molecular formula is C17H13F3N4O2S. The number of Topliss-reactive ketones (excluding diaryl/α,β-unsaturated/α-hetero) is 1. The molecule has 6 nitrogen and oxygen atoms in total. The van der Waals surface area contributed by atoms with E-state index in [1.807, 2.05) is 0 Å². The second-order valence-corrected chi connectivity index (χ2v) is 6.52. The number of rotatable bonds is 4. The van der Waals surface area contributed by atoms with Gasteiger partial charge in [-0.05, 0) is 32.0 Å². The van der Waals surface area contributed by atoms with Gasteiger partial charge in [-0.15, -0.1) is 11.3 Å². The Morgan fingerprint density at radius 1 is 1.22 bits per heavy atom. The van der Waals surface area contributed by atoms with Crippen LogP contribution in [0.2, 0.25) is 0 Å². The smallest absolute Gasteiger partial charge is 0.295 e. The van der Waals surface area contributed by atoms with Crippen molar-refractivity contribution in [3.8, 4) is 5.69 Å². The van der Waals surface area contributed by atoms with Crippen LogP contribution in [-0.2, 0) is 11.0 Å². The van der Waals surface area contributed by atoms with Gasteiger partial charge in [0.1, 0.15) is 0 Å². The van der Waals surface area contributed by atoms with E-state index in [4.69, 9.17) is 0 Å². The van der Waals surface area contributed by atoms with Gasteiger partial charge in [0.2, 0.25) is 0 Å². The molecule has 1 N–H and O–H groups in total. The number of hydrogen-bond acceptors (Lipinski definition) is 5. The van der Waals surface area contributed by atoms with Crippen LogP contribution in [-0.4, -0.2) is 26.5 Å². The number of thiazole rings is 1. The molecule has 140 valence electrons. The normalized spacial score (nSPS) is 11.4. The van der Waals surface area contributed by atoms with Crippen LogP contribution in [0, 0.1) is 13.8 Å². The third kappa shape index (κ3) is 3.75. The van der Waals surface area contributed by atoms with Crippen molar-refractivity contribution < 1.29 is 22.8 Å². The van der Waals surface area contributed by atoms with Crippen LogP contribution in [0.3, 0.4) is 0 Å². The number of amides is 1. The van der Waals surface area contributed by atoms with Gasteiger partial charge >= 0.3 is 6.18 Å². The van der Waals surface area contributed by atoms with Gasteiger partial charge in [0.25, 0.3) is 11.7 Å². The molecule has 0 aliphatic heterocycles. The van der Waals surface area contributed by atoms with Gasteiger partial charge in [0.15, 0.2) is 5.13 Å². The quantitative estimate of drug-likeness (QED) is 0.540. The minimum atomic E-state index is -4.50. The number of nitrogens with zero attached hydrogens (tertiary/aromatic N) is 3. The van der Waals surface area contributed by atoms with Gasteiger partial charge in [-0.25, -0.2) is 9.67 Å². The molecule has 0 bridgehead atoms. The summed E-state index contributed by atoms with van der Waals surface area (Å²) in [4.78, 5) is 28.6. The number of aromatic nitrogens is 3. The molecule has 10 heteroatoms. The molecule has 1 amide bonds. The van der Waals surface area contributed by atoms with Crippen LogP contribution in [0.1, 0.15) is 27.3 Å². The van der Waals surface area contributed by atoms with Crippen LogP contribution in [0.25, 0.3) is 5.69 Å². The molecule has 0 atom stereocenters. The number of ketones is 1. The highest BCUT2D eigenvalue weighted by atomic mass is 32.1. The lowest BCUT2D eigenvalue weighted by Crippen LogP contribution is -2.23. The number of anilines is 1. The van der Waals surface area contributed by atoms with E-state index >= 15 is 0 Å². The zero-order valence-electron chi connectivity index (χ0n) is 14.2. The van der Waals surface area contributed by atoms with Crippen molar-refractivity contribution in [2.75, 3.05) is 5.32 Å². The number of aryl methyl sites for hydroxylation is 1. The van der Waals surface area contributed by atoms with Crippen molar-refractivity contribution in [1.29, 1.82) is 0 Å². The van der Waals surface area contributed by atoms with Gasteiger partial charge in [-0.1, -0.05) is 6.07 Å². The number of carbonyl (C=O) groups is 2. The Kier molecular flexibility index (Phi) is 4.83. The first-order valence-corrected chi connectivity index (χ1v) is 8.55. The summed E-state index contributed by atoms with van der Waals surface area (Å²) >= 11 is 1.16. The predicted molar refractivity (Wildman–Crippen MR) is 93.1 cm³/mol. The molecule has 1 aromatic carbocycles. The van der Waals surface area contributed by atoms with E-state index < -0.39 is 23.4 Å². The molecule has 0 aliphatic rings. The maximum Gasteiger partial charge on any atom is 0.416 e. The third-order valence-electron chi connectivity index (χ3n) is 3.80. The second-order valence-electron chi connectivity index (χ2n) is 5.63. The largest absolute Gasteiger partial charge is 0.416 e. The fourth-order valence-electron chi connectivity index (χ4n) is 2.59. The number of benzene rings is 1. The molecule has 0 unspecified atom stereocenters. The summed E-state index contributed by atoms with van der Waals surface area (Å²) in [6.07, 6.45) is -3.02. The second kappa shape index (κ2) is 6.95. The minimum absolute atomic E-state index is 0.0430. The molecule has 27 heavy (non-hydrogen) atoms. The Balaban J connectivity index is 1.95. The van der Waals surface area contributed by atoms with Gasteiger partial charge in [0, 0.05) is 11.6 Å². The molecule has 0 aliphatic carbocycles. The Morgan fingerprint density at radius 3 is 2.59 bits per heavy atom. The zero-order valence-corrected chi connectivity index (χ0v) is 15.0. The van der Waals surface area contributed by atoms with Crippen molar-refractivity contribution in [3.63, 3.8) is 0 Å². The van der Waals surface area contributed by atoms with Crippen molar-refractivity contribution >= 4 is 28.2 Å². The van der Waals surface area contributed by atoms with Crippen molar-refractivity contribution in [2.45, 2.75) is 20.0 Å². The van der Waals surface area contributed by atoms with E-state index in [9.17, 15) is 22.8 Å². The van der Waals surface area contributed by atoms with Gasteiger partial charge in [0.05, 0.1) is 28.2 Å². The van der Waals surface area contributed by atoms with Crippen LogP contribution >= 0.6 is 11.3 Å². The summed E-state index contributed by atoms with van der Waals surface area (Å²) in [6.45, 7) is 3.03. The molecule has 3 aromatic rings. The SMILES string of the molecule is Cc1nn(-c2cccc(C(F)(F)F)c2)c(C)c1C(=O)C(=O)Nc1nccs1. The predicted octanol–water partition coefficient (Wildman–Crippen LogP) is 3.79. The van der Waals surface area contributed by atoms with E-state index in [2.05, 4.69) is 15.4 Å². The highest BCUT2D eigenvalue weighted by Gasteiger charge is 2.31. The van der Waals surface area contributed by atoms with E-state index in [0.717, 1.165) is 23.5 Å². The monoisotopic (exact) mass is 394 g/mol. The number of alkyl halides is 3. The fourth-order valence-corrected chi connectivity index (χ4v) is 3.11. The molecule has 2 heterocycles. The zero-order chi connectivity index (χ0) is 19.8. The Morgan fingerprint density at radius 2 is 1.96 bits per heavy atom. The molecule has 3 rings (SSSR count). The molecule has 0 saturated carbocycles.